The lowest BCUT2D eigenvalue weighted by Gasteiger charge is -1.97. The summed E-state index contributed by atoms with van der Waals surface area (Å²) in [6, 6.07) is 8.16. The topological polar surface area (TPSA) is 12.0 Å². The van der Waals surface area contributed by atoms with Gasteiger partial charge in [-0.05, 0) is 29.7 Å². The number of halogens is 2. The van der Waals surface area contributed by atoms with Crippen molar-refractivity contribution >= 4 is 44.6 Å². The van der Waals surface area contributed by atoms with Crippen molar-refractivity contribution in [3.63, 3.8) is 0 Å². The van der Waals surface area contributed by atoms with Gasteiger partial charge in [-0.1, -0.05) is 11.6 Å². The molecule has 0 aliphatic heterocycles. The molecule has 0 radical (unpaired) electrons. The van der Waals surface area contributed by atoms with Gasteiger partial charge in [0.25, 0.3) is 0 Å². The lowest BCUT2D eigenvalue weighted by atomic mass is 10.2. The van der Waals surface area contributed by atoms with Crippen molar-refractivity contribution in [3.05, 3.63) is 34.2 Å². The Hall–Kier alpha value is -0.280. The molecule has 1 nitrogen and oxygen atoms in total. The van der Waals surface area contributed by atoms with Crippen LogP contribution in [0.1, 0.15) is 4.88 Å². The number of hydrogen-bond acceptors (Lipinski definition) is 2. The van der Waals surface area contributed by atoms with Crippen molar-refractivity contribution in [2.24, 2.45) is 0 Å². The van der Waals surface area contributed by atoms with Crippen molar-refractivity contribution in [2.45, 2.75) is 6.54 Å². The first-order valence-corrected chi connectivity index (χ1v) is 6.47. The van der Waals surface area contributed by atoms with Gasteiger partial charge in [0, 0.05) is 33.6 Å². The van der Waals surface area contributed by atoms with E-state index in [9.17, 15) is 0 Å². The van der Waals surface area contributed by atoms with E-state index in [0.29, 0.717) is 5.88 Å². The standard InChI is InChI=1S/C11H11Cl2NS/c12-3-4-14-7-10-6-8-5-9(13)1-2-11(8)15-10/h1-2,5-6,14H,3-4,7H2. The zero-order valence-electron chi connectivity index (χ0n) is 8.09. The zero-order valence-corrected chi connectivity index (χ0v) is 10.4. The third-order valence-electron chi connectivity index (χ3n) is 2.10. The minimum atomic E-state index is 0.650. The Balaban J connectivity index is 2.16. The van der Waals surface area contributed by atoms with E-state index in [1.807, 2.05) is 12.1 Å². The SMILES string of the molecule is ClCCNCc1cc2cc(Cl)ccc2s1. The fourth-order valence-electron chi connectivity index (χ4n) is 1.43. The van der Waals surface area contributed by atoms with Gasteiger partial charge in [-0.2, -0.15) is 0 Å². The Kier molecular flexibility index (Phi) is 3.87. The van der Waals surface area contributed by atoms with Crippen molar-refractivity contribution in [3.8, 4) is 0 Å². The molecule has 0 amide bonds. The van der Waals surface area contributed by atoms with Crippen molar-refractivity contribution in [1.82, 2.24) is 5.32 Å². The summed E-state index contributed by atoms with van der Waals surface area (Å²) in [7, 11) is 0. The highest BCUT2D eigenvalue weighted by Crippen LogP contribution is 2.27. The van der Waals surface area contributed by atoms with Crippen LogP contribution in [0.2, 0.25) is 5.02 Å². The molecule has 0 saturated heterocycles. The predicted molar refractivity (Wildman–Crippen MR) is 69.3 cm³/mol. The molecule has 0 bridgehead atoms. The van der Waals surface area contributed by atoms with Gasteiger partial charge < -0.3 is 5.32 Å². The number of rotatable bonds is 4. The number of alkyl halides is 1. The molecule has 4 heteroatoms. The minimum Gasteiger partial charge on any atom is -0.311 e. The van der Waals surface area contributed by atoms with Crippen molar-refractivity contribution in [1.29, 1.82) is 0 Å². The molecule has 0 saturated carbocycles. The Morgan fingerprint density at radius 3 is 2.93 bits per heavy atom. The monoisotopic (exact) mass is 259 g/mol. The van der Waals surface area contributed by atoms with E-state index in [1.54, 1.807) is 11.3 Å². The van der Waals surface area contributed by atoms with Gasteiger partial charge in [0.15, 0.2) is 0 Å². The summed E-state index contributed by atoms with van der Waals surface area (Å²) >= 11 is 13.3. The Bertz CT molecular complexity index is 453. The minimum absolute atomic E-state index is 0.650. The highest BCUT2D eigenvalue weighted by atomic mass is 35.5. The Labute approximate surface area is 103 Å². The highest BCUT2D eigenvalue weighted by molar-refractivity contribution is 7.19. The largest absolute Gasteiger partial charge is 0.311 e. The van der Waals surface area contributed by atoms with Crippen LogP contribution >= 0.6 is 34.5 Å². The molecular weight excluding hydrogens is 249 g/mol. The first-order valence-electron chi connectivity index (χ1n) is 4.74. The van der Waals surface area contributed by atoms with Crippen LogP contribution in [0, 0.1) is 0 Å². The average Bonchev–Trinajstić information content (AvgIpc) is 2.60. The van der Waals surface area contributed by atoms with E-state index in [2.05, 4.69) is 17.4 Å². The molecule has 0 aliphatic rings. The van der Waals surface area contributed by atoms with Crippen molar-refractivity contribution in [2.75, 3.05) is 12.4 Å². The summed E-state index contributed by atoms with van der Waals surface area (Å²) in [5.41, 5.74) is 0. The van der Waals surface area contributed by atoms with E-state index in [4.69, 9.17) is 23.2 Å². The lowest BCUT2D eigenvalue weighted by molar-refractivity contribution is 0.739. The molecule has 2 aromatic rings. The summed E-state index contributed by atoms with van der Waals surface area (Å²) in [5, 5.41) is 5.28. The molecule has 0 spiro atoms. The van der Waals surface area contributed by atoms with Crippen molar-refractivity contribution < 1.29 is 0 Å². The van der Waals surface area contributed by atoms with Crippen LogP contribution < -0.4 is 5.32 Å². The number of benzene rings is 1. The average molecular weight is 260 g/mol. The number of nitrogens with one attached hydrogen (secondary N) is 1. The van der Waals surface area contributed by atoms with Crippen LogP contribution in [0.5, 0.6) is 0 Å². The Morgan fingerprint density at radius 2 is 2.13 bits per heavy atom. The fraction of sp³-hybridized carbons (Fsp3) is 0.273. The number of hydrogen-bond donors (Lipinski definition) is 1. The van der Waals surface area contributed by atoms with E-state index in [1.165, 1.54) is 15.0 Å². The second-order valence-electron chi connectivity index (χ2n) is 3.26. The molecule has 0 unspecified atom stereocenters. The maximum Gasteiger partial charge on any atom is 0.0412 e. The first-order chi connectivity index (χ1) is 7.29. The molecule has 0 atom stereocenters. The predicted octanol–water partition coefficient (Wildman–Crippen LogP) is 3.88. The summed E-state index contributed by atoms with van der Waals surface area (Å²) in [6.45, 7) is 1.72. The molecule has 80 valence electrons. The molecule has 0 aliphatic carbocycles. The summed E-state index contributed by atoms with van der Waals surface area (Å²) in [6.07, 6.45) is 0. The van der Waals surface area contributed by atoms with Crippen LogP contribution in [0.3, 0.4) is 0 Å². The lowest BCUT2D eigenvalue weighted by Crippen LogP contribution is -2.14. The van der Waals surface area contributed by atoms with Crippen LogP contribution in [0.25, 0.3) is 10.1 Å². The quantitative estimate of drug-likeness (QED) is 0.649. The summed E-state index contributed by atoms with van der Waals surface area (Å²) in [5.74, 6) is 0.650. The molecule has 1 aromatic heterocycles. The molecule has 15 heavy (non-hydrogen) atoms. The van der Waals surface area contributed by atoms with Gasteiger partial charge in [-0.15, -0.1) is 22.9 Å². The first kappa shape index (κ1) is 11.2. The number of thiophene rings is 1. The van der Waals surface area contributed by atoms with Crippen LogP contribution in [0.4, 0.5) is 0 Å². The molecule has 0 fully saturated rings. The number of fused-ring (bicyclic) bond motifs is 1. The van der Waals surface area contributed by atoms with E-state index in [0.717, 1.165) is 18.1 Å². The van der Waals surface area contributed by atoms with Crippen LogP contribution in [-0.4, -0.2) is 12.4 Å². The van der Waals surface area contributed by atoms with E-state index < -0.39 is 0 Å². The smallest absolute Gasteiger partial charge is 0.0412 e. The van der Waals surface area contributed by atoms with Crippen LogP contribution in [-0.2, 0) is 6.54 Å². The zero-order chi connectivity index (χ0) is 10.7. The van der Waals surface area contributed by atoms with Gasteiger partial charge >= 0.3 is 0 Å². The Morgan fingerprint density at radius 1 is 1.27 bits per heavy atom. The van der Waals surface area contributed by atoms with Crippen LogP contribution in [0.15, 0.2) is 24.3 Å². The van der Waals surface area contributed by atoms with Gasteiger partial charge in [0.05, 0.1) is 0 Å². The third kappa shape index (κ3) is 2.85. The molecule has 1 heterocycles. The normalized spacial score (nSPS) is 11.1. The second kappa shape index (κ2) is 5.17. The van der Waals surface area contributed by atoms with Gasteiger partial charge in [0.2, 0.25) is 0 Å². The summed E-state index contributed by atoms with van der Waals surface area (Å²) < 4.78 is 1.28. The second-order valence-corrected chi connectivity index (χ2v) is 5.24. The molecule has 2 rings (SSSR count). The maximum atomic E-state index is 5.93. The summed E-state index contributed by atoms with van der Waals surface area (Å²) in [4.78, 5) is 1.32. The highest BCUT2D eigenvalue weighted by Gasteiger charge is 2.01. The van der Waals surface area contributed by atoms with E-state index >= 15 is 0 Å². The molecule has 1 aromatic carbocycles. The van der Waals surface area contributed by atoms with E-state index in [-0.39, 0.29) is 0 Å². The van der Waals surface area contributed by atoms with Gasteiger partial charge in [0.1, 0.15) is 0 Å². The molecule has 1 N–H and O–H groups in total. The van der Waals surface area contributed by atoms with Gasteiger partial charge in [-0.3, -0.25) is 0 Å². The fourth-order valence-corrected chi connectivity index (χ4v) is 2.76. The van der Waals surface area contributed by atoms with Gasteiger partial charge in [-0.25, -0.2) is 0 Å². The third-order valence-corrected chi connectivity index (χ3v) is 3.64. The maximum absolute atomic E-state index is 5.93. The molecular formula is C11H11Cl2NS.